The molecule has 0 fully saturated rings. The summed E-state index contributed by atoms with van der Waals surface area (Å²) >= 11 is 0. The van der Waals surface area contributed by atoms with E-state index in [1.54, 1.807) is 12.3 Å². The molecule has 2 N–H and O–H groups in total. The first-order chi connectivity index (χ1) is 7.77. The Bertz CT molecular complexity index is 632. The van der Waals surface area contributed by atoms with Crippen molar-refractivity contribution in [2.45, 2.75) is 0 Å². The van der Waals surface area contributed by atoms with Gasteiger partial charge in [0.2, 0.25) is 0 Å². The lowest BCUT2D eigenvalue weighted by molar-refractivity contribution is 0.0694. The average Bonchev–Trinajstić information content (AvgIpc) is 2.75. The van der Waals surface area contributed by atoms with Crippen molar-refractivity contribution in [1.82, 2.24) is 0 Å². The zero-order valence-electron chi connectivity index (χ0n) is 8.23. The second-order valence-electron chi connectivity index (χ2n) is 3.52. The molecule has 0 aromatic heterocycles. The van der Waals surface area contributed by atoms with Crippen LogP contribution in [0.2, 0.25) is 0 Å². The molecule has 0 radical (unpaired) electrons. The van der Waals surface area contributed by atoms with E-state index in [-0.39, 0.29) is 5.56 Å². The van der Waals surface area contributed by atoms with Gasteiger partial charge in [-0.15, -0.1) is 0 Å². The summed E-state index contributed by atoms with van der Waals surface area (Å²) in [7, 11) is 0. The van der Waals surface area contributed by atoms with E-state index in [9.17, 15) is 4.79 Å². The SMILES string of the molecule is O=C(O)c1cc2c(c3c1OC=NC=3)=CCN2. The predicted octanol–water partition coefficient (Wildman–Crippen LogP) is -0.251. The van der Waals surface area contributed by atoms with Crippen LogP contribution >= 0.6 is 0 Å². The van der Waals surface area contributed by atoms with Crippen LogP contribution in [0, 0.1) is 0 Å². The second kappa shape index (κ2) is 3.10. The number of aromatic carboxylic acids is 1. The van der Waals surface area contributed by atoms with E-state index < -0.39 is 5.97 Å². The van der Waals surface area contributed by atoms with Crippen molar-refractivity contribution in [2.75, 3.05) is 11.9 Å². The molecule has 0 atom stereocenters. The summed E-state index contributed by atoms with van der Waals surface area (Å²) in [6.07, 6.45) is 4.84. The largest absolute Gasteiger partial charge is 0.478 e. The number of benzene rings is 1. The number of fused-ring (bicyclic) bond motifs is 3. The minimum Gasteiger partial charge on any atom is -0.478 e. The number of anilines is 1. The van der Waals surface area contributed by atoms with Crippen LogP contribution in [-0.4, -0.2) is 24.0 Å². The van der Waals surface area contributed by atoms with Crippen LogP contribution in [0.25, 0.3) is 12.3 Å². The van der Waals surface area contributed by atoms with Gasteiger partial charge in [-0.05, 0) is 6.07 Å². The van der Waals surface area contributed by atoms with Gasteiger partial charge in [0.15, 0.2) is 12.2 Å². The maximum Gasteiger partial charge on any atom is 0.339 e. The molecule has 5 nitrogen and oxygen atoms in total. The molecule has 0 spiro atoms. The van der Waals surface area contributed by atoms with Crippen LogP contribution in [-0.2, 0) is 0 Å². The molecule has 0 unspecified atom stereocenters. The van der Waals surface area contributed by atoms with Crippen molar-refractivity contribution in [3.8, 4) is 5.75 Å². The maximum atomic E-state index is 11.1. The quantitative estimate of drug-likeness (QED) is 0.679. The van der Waals surface area contributed by atoms with Gasteiger partial charge in [-0.3, -0.25) is 0 Å². The highest BCUT2D eigenvalue weighted by molar-refractivity contribution is 5.93. The van der Waals surface area contributed by atoms with Gasteiger partial charge in [0.1, 0.15) is 5.56 Å². The second-order valence-corrected chi connectivity index (χ2v) is 3.52. The number of nitrogens with one attached hydrogen (secondary N) is 1. The molecule has 0 bridgehead atoms. The highest BCUT2D eigenvalue weighted by Crippen LogP contribution is 2.18. The van der Waals surface area contributed by atoms with Gasteiger partial charge in [0, 0.05) is 28.9 Å². The molecule has 0 amide bonds. The monoisotopic (exact) mass is 216 g/mol. The predicted molar refractivity (Wildman–Crippen MR) is 59.2 cm³/mol. The zero-order chi connectivity index (χ0) is 11.1. The van der Waals surface area contributed by atoms with Crippen LogP contribution < -0.4 is 20.5 Å². The minimum atomic E-state index is -1.00. The number of hydrogen-bond donors (Lipinski definition) is 2. The van der Waals surface area contributed by atoms with Crippen LogP contribution in [0.4, 0.5) is 5.69 Å². The molecule has 0 saturated heterocycles. The fourth-order valence-electron chi connectivity index (χ4n) is 1.93. The van der Waals surface area contributed by atoms with Crippen molar-refractivity contribution in [3.63, 3.8) is 0 Å². The average molecular weight is 216 g/mol. The number of carboxylic acid groups (broad SMARTS) is 1. The van der Waals surface area contributed by atoms with Gasteiger partial charge in [-0.2, -0.15) is 0 Å². The number of aliphatic imine (C=N–C) groups is 1. The highest BCUT2D eigenvalue weighted by Gasteiger charge is 2.19. The van der Waals surface area contributed by atoms with E-state index in [0.717, 1.165) is 16.1 Å². The number of ether oxygens (including phenoxy) is 1. The van der Waals surface area contributed by atoms with Gasteiger partial charge < -0.3 is 15.2 Å². The fraction of sp³-hybridized carbons (Fsp3) is 0.0909. The third kappa shape index (κ3) is 1.11. The topological polar surface area (TPSA) is 70.9 Å². The molecule has 0 aliphatic carbocycles. The molecule has 16 heavy (non-hydrogen) atoms. The molecule has 1 aromatic rings. The summed E-state index contributed by atoms with van der Waals surface area (Å²) in [5.74, 6) is -0.641. The Morgan fingerprint density at radius 2 is 2.38 bits per heavy atom. The molecule has 2 heterocycles. The number of carboxylic acids is 1. The van der Waals surface area contributed by atoms with E-state index in [0.29, 0.717) is 12.3 Å². The van der Waals surface area contributed by atoms with Crippen LogP contribution in [0.3, 0.4) is 0 Å². The summed E-state index contributed by atoms with van der Waals surface area (Å²) in [4.78, 5) is 15.0. The molecule has 0 saturated carbocycles. The number of nitrogens with zero attached hydrogens (tertiary/aromatic N) is 1. The lowest BCUT2D eigenvalue weighted by Crippen LogP contribution is -2.30. The Morgan fingerprint density at radius 1 is 1.50 bits per heavy atom. The third-order valence-corrected chi connectivity index (χ3v) is 2.62. The first kappa shape index (κ1) is 8.96. The molecule has 2 aliphatic heterocycles. The summed E-state index contributed by atoms with van der Waals surface area (Å²) in [5, 5.41) is 13.9. The third-order valence-electron chi connectivity index (χ3n) is 2.62. The maximum absolute atomic E-state index is 11.1. The lowest BCUT2D eigenvalue weighted by atomic mass is 10.1. The van der Waals surface area contributed by atoms with Gasteiger partial charge in [-0.25, -0.2) is 9.79 Å². The molecule has 5 heteroatoms. The number of carbonyl (C=O) groups is 1. The molecule has 3 rings (SSSR count). The van der Waals surface area contributed by atoms with Crippen LogP contribution in [0.15, 0.2) is 11.1 Å². The van der Waals surface area contributed by atoms with Gasteiger partial charge in [0.25, 0.3) is 0 Å². The van der Waals surface area contributed by atoms with Gasteiger partial charge in [-0.1, -0.05) is 6.08 Å². The van der Waals surface area contributed by atoms with Crippen molar-refractivity contribution < 1.29 is 14.6 Å². The van der Waals surface area contributed by atoms with E-state index >= 15 is 0 Å². The van der Waals surface area contributed by atoms with Crippen molar-refractivity contribution in [1.29, 1.82) is 0 Å². The zero-order valence-corrected chi connectivity index (χ0v) is 8.23. The van der Waals surface area contributed by atoms with Crippen molar-refractivity contribution in [2.24, 2.45) is 4.99 Å². The summed E-state index contributed by atoms with van der Waals surface area (Å²) in [6, 6.07) is 1.59. The Morgan fingerprint density at radius 3 is 3.19 bits per heavy atom. The van der Waals surface area contributed by atoms with Crippen molar-refractivity contribution >= 4 is 30.3 Å². The molecular formula is C11H8N2O3. The lowest BCUT2D eigenvalue weighted by Gasteiger charge is -2.10. The highest BCUT2D eigenvalue weighted by atomic mass is 16.5. The Hall–Kier alpha value is -2.30. The number of hydrogen-bond acceptors (Lipinski definition) is 4. The van der Waals surface area contributed by atoms with E-state index in [1.807, 2.05) is 6.08 Å². The van der Waals surface area contributed by atoms with Gasteiger partial charge in [0.05, 0.1) is 0 Å². The smallest absolute Gasteiger partial charge is 0.339 e. The first-order valence-electron chi connectivity index (χ1n) is 4.80. The molecule has 80 valence electrons. The normalized spacial score (nSPS) is 15.0. The van der Waals surface area contributed by atoms with Crippen molar-refractivity contribution in [3.05, 3.63) is 22.1 Å². The Kier molecular flexibility index (Phi) is 1.73. The minimum absolute atomic E-state index is 0.152. The standard InChI is InChI=1S/C11H8N2O3/c14-11(15)7-3-9-6(1-2-13-9)8-4-12-5-16-10(7)8/h1,3-5,13H,2H2,(H,14,15). The first-order valence-corrected chi connectivity index (χ1v) is 4.80. The Labute approximate surface area is 90.4 Å². The number of rotatable bonds is 1. The summed E-state index contributed by atoms with van der Waals surface area (Å²) < 4.78 is 5.19. The van der Waals surface area contributed by atoms with E-state index in [4.69, 9.17) is 9.84 Å². The molecular weight excluding hydrogens is 208 g/mol. The Balaban J connectivity index is 2.45. The molecule has 2 aliphatic rings. The van der Waals surface area contributed by atoms with Crippen LogP contribution in [0.1, 0.15) is 10.4 Å². The van der Waals surface area contributed by atoms with Crippen LogP contribution in [0.5, 0.6) is 5.75 Å². The fourth-order valence-corrected chi connectivity index (χ4v) is 1.93. The summed E-state index contributed by atoms with van der Waals surface area (Å²) in [5.41, 5.74) is 0.965. The summed E-state index contributed by atoms with van der Waals surface area (Å²) in [6.45, 7) is 0.697. The van der Waals surface area contributed by atoms with Gasteiger partial charge >= 0.3 is 5.97 Å². The molecule has 1 aromatic carbocycles. The van der Waals surface area contributed by atoms with E-state index in [2.05, 4.69) is 10.3 Å². The van der Waals surface area contributed by atoms with E-state index in [1.165, 1.54) is 6.40 Å².